The number of halogens is 4. The van der Waals surface area contributed by atoms with Crippen LogP contribution < -0.4 is 12.1 Å². The van der Waals surface area contributed by atoms with E-state index in [-0.39, 0.29) is 0 Å². The predicted molar refractivity (Wildman–Crippen MR) is 143 cm³/mol. The van der Waals surface area contributed by atoms with E-state index in [9.17, 15) is 0 Å². The third-order valence-corrected chi connectivity index (χ3v) is 16.3. The zero-order chi connectivity index (χ0) is 23.1. The molecule has 1 unspecified atom stereocenters. The molecule has 31 heavy (non-hydrogen) atoms. The van der Waals surface area contributed by atoms with Crippen molar-refractivity contribution in [1.82, 2.24) is 0 Å². The molecule has 0 N–H and O–H groups in total. The molecule has 0 radical (unpaired) electrons. The Bertz CT molecular complexity index is 874. The Hall–Kier alpha value is 0.177. The monoisotopic (exact) mass is 713 g/mol. The molecule has 0 bridgehead atoms. The summed E-state index contributed by atoms with van der Waals surface area (Å²) in [6.07, 6.45) is 0. The average Bonchev–Trinajstić information content (AvgIpc) is 2.74. The number of hydrogen-bond donors (Lipinski definition) is 0. The zero-order valence-corrected chi connectivity index (χ0v) is 26.8. The molecule has 0 fully saturated rings. The molecule has 0 spiro atoms. The van der Waals surface area contributed by atoms with Crippen LogP contribution in [0.1, 0.15) is 11.1 Å². The van der Waals surface area contributed by atoms with Gasteiger partial charge in [-0.15, -0.1) is 0 Å². The first-order chi connectivity index (χ1) is 14.5. The van der Waals surface area contributed by atoms with Gasteiger partial charge in [-0.05, 0) is 0 Å². The summed E-state index contributed by atoms with van der Waals surface area (Å²) in [5, 5.41) is 0. The van der Waals surface area contributed by atoms with Crippen molar-refractivity contribution in [3.63, 3.8) is 0 Å². The minimum absolute atomic E-state index is 0.597. The van der Waals surface area contributed by atoms with Crippen LogP contribution in [0.25, 0.3) is 0 Å². The summed E-state index contributed by atoms with van der Waals surface area (Å²) < 4.78 is 8.52. The molecule has 3 aromatic carbocycles. The summed E-state index contributed by atoms with van der Waals surface area (Å²) in [7, 11) is 22.2. The van der Waals surface area contributed by atoms with Crippen molar-refractivity contribution >= 4 is 85.0 Å². The summed E-state index contributed by atoms with van der Waals surface area (Å²) in [5.41, 5.74) is 1.43. The molecule has 3 rings (SSSR count). The molecule has 2 nitrogen and oxygen atoms in total. The molecule has 0 heterocycles. The second kappa shape index (κ2) is 12.6. The molecule has 0 aliphatic heterocycles. The maximum absolute atomic E-state index is 7.21. The SMILES string of the molecule is CN(C)c1ccc(C(Cl)[O][Sn]([Cl])([c]2ccccc2)[c]2ccccc2)cc1.[CH3][Sn]([CH3])([Cl])[Cl]. The van der Waals surface area contributed by atoms with Crippen molar-refractivity contribution in [1.29, 1.82) is 0 Å². The van der Waals surface area contributed by atoms with Crippen molar-refractivity contribution in [3.05, 3.63) is 90.5 Å². The number of hydrogen-bond acceptors (Lipinski definition) is 2. The van der Waals surface area contributed by atoms with Crippen molar-refractivity contribution in [2.24, 2.45) is 0 Å². The van der Waals surface area contributed by atoms with Crippen LogP contribution in [0, 0.1) is 0 Å². The standard InChI is InChI=1S/C9H11ClNO.2C6H5.2CH3.3ClH.2Sn/c1-11(2)8-5-3-7(4-6-8)9(10)12;2*1-2-4-6-5-3-1;;;;;;;/h3-6,9H,1-2H3;2*1-5H;2*1H3;3*1H;;/q-1;;;;;;;;2*+2/p-3. The van der Waals surface area contributed by atoms with E-state index in [1.54, 1.807) is 0 Å². The van der Waals surface area contributed by atoms with E-state index in [2.05, 4.69) is 0 Å². The number of alkyl halides is 1. The molecule has 0 saturated carbocycles. The fourth-order valence-corrected chi connectivity index (χ4v) is 12.9. The third kappa shape index (κ3) is 9.15. The van der Waals surface area contributed by atoms with E-state index >= 15 is 0 Å². The van der Waals surface area contributed by atoms with Crippen LogP contribution in [0.3, 0.4) is 0 Å². The van der Waals surface area contributed by atoms with Crippen LogP contribution >= 0.6 is 38.4 Å². The molecule has 0 aliphatic rings. The first-order valence-corrected chi connectivity index (χ1v) is 30.8. The number of benzene rings is 3. The molecular weight excluding hydrogens is 685 g/mol. The summed E-state index contributed by atoms with van der Waals surface area (Å²) in [6.45, 7) is 0. The normalized spacial score (nSPS) is 12.5. The second-order valence-electron chi connectivity index (χ2n) is 7.57. The Balaban J connectivity index is 0.000000614. The predicted octanol–water partition coefficient (Wildman–Crippen LogP) is 6.67. The average molecular weight is 713 g/mol. The molecule has 0 amide bonds. The van der Waals surface area contributed by atoms with Crippen molar-refractivity contribution in [2.75, 3.05) is 19.0 Å². The first-order valence-electron chi connectivity index (χ1n) is 9.77. The van der Waals surface area contributed by atoms with Crippen LogP contribution in [0.5, 0.6) is 0 Å². The van der Waals surface area contributed by atoms with Gasteiger partial charge >= 0.3 is 213 Å². The van der Waals surface area contributed by atoms with Gasteiger partial charge in [-0.25, -0.2) is 0 Å². The van der Waals surface area contributed by atoms with Gasteiger partial charge in [0.05, 0.1) is 0 Å². The molecular formula is C23H27Cl4NOSn2. The Kier molecular flexibility index (Phi) is 11.1. The van der Waals surface area contributed by atoms with E-state index in [4.69, 9.17) is 41.4 Å². The van der Waals surface area contributed by atoms with Gasteiger partial charge in [0.2, 0.25) is 0 Å². The molecule has 0 saturated heterocycles. The quantitative estimate of drug-likeness (QED) is 0.209. The van der Waals surface area contributed by atoms with Crippen LogP contribution in [0.15, 0.2) is 84.9 Å². The summed E-state index contributed by atoms with van der Waals surface area (Å²) in [4.78, 5) is 5.91. The van der Waals surface area contributed by atoms with Gasteiger partial charge in [0.15, 0.2) is 0 Å². The molecule has 8 heteroatoms. The van der Waals surface area contributed by atoms with Gasteiger partial charge in [-0.1, -0.05) is 0 Å². The number of rotatable bonds is 6. The van der Waals surface area contributed by atoms with E-state index < -0.39 is 39.4 Å². The Labute approximate surface area is 210 Å². The van der Waals surface area contributed by atoms with Gasteiger partial charge in [-0.3, -0.25) is 0 Å². The Morgan fingerprint density at radius 3 is 1.45 bits per heavy atom. The van der Waals surface area contributed by atoms with Crippen LogP contribution in [-0.4, -0.2) is 47.9 Å². The Morgan fingerprint density at radius 2 is 1.10 bits per heavy atom. The minimum atomic E-state index is -3.87. The number of anilines is 1. The van der Waals surface area contributed by atoms with Crippen molar-refractivity contribution in [2.45, 2.75) is 15.4 Å². The second-order valence-corrected chi connectivity index (χ2v) is 40.5. The van der Waals surface area contributed by atoms with Crippen molar-refractivity contribution < 1.29 is 3.07 Å². The van der Waals surface area contributed by atoms with E-state index in [1.165, 1.54) is 0 Å². The van der Waals surface area contributed by atoms with Crippen LogP contribution in [0.2, 0.25) is 9.88 Å². The van der Waals surface area contributed by atoms with Crippen molar-refractivity contribution in [3.8, 4) is 0 Å². The van der Waals surface area contributed by atoms with Crippen LogP contribution in [-0.2, 0) is 3.07 Å². The maximum atomic E-state index is 7.21. The van der Waals surface area contributed by atoms with E-state index in [0.29, 0.717) is 0 Å². The molecule has 0 aliphatic carbocycles. The molecule has 3 aromatic rings. The summed E-state index contributed by atoms with van der Waals surface area (Å²) in [5.74, 6) is 0. The van der Waals surface area contributed by atoms with E-state index in [1.807, 2.05) is 114 Å². The van der Waals surface area contributed by atoms with Crippen LogP contribution in [0.4, 0.5) is 5.69 Å². The van der Waals surface area contributed by atoms with E-state index in [0.717, 1.165) is 18.4 Å². The van der Waals surface area contributed by atoms with Gasteiger partial charge < -0.3 is 0 Å². The third-order valence-electron chi connectivity index (χ3n) is 4.23. The summed E-state index contributed by atoms with van der Waals surface area (Å²) >= 11 is 0.554. The van der Waals surface area contributed by atoms with Gasteiger partial charge in [0.1, 0.15) is 0 Å². The van der Waals surface area contributed by atoms with Gasteiger partial charge in [0.25, 0.3) is 0 Å². The summed E-state index contributed by atoms with van der Waals surface area (Å²) in [6, 6.07) is 28.1. The zero-order valence-electron chi connectivity index (χ0n) is 18.0. The fourth-order valence-electron chi connectivity index (χ4n) is 2.74. The number of nitrogens with zero attached hydrogens (tertiary/aromatic N) is 1. The molecule has 0 aromatic heterocycles. The fraction of sp³-hybridized carbons (Fsp3) is 0.217. The van der Waals surface area contributed by atoms with Gasteiger partial charge in [-0.2, -0.15) is 0 Å². The van der Waals surface area contributed by atoms with Gasteiger partial charge in [0, 0.05) is 0 Å². The molecule has 1 atom stereocenters. The first kappa shape index (κ1) is 27.4. The topological polar surface area (TPSA) is 12.5 Å². The Morgan fingerprint density at radius 1 is 0.710 bits per heavy atom. The molecule has 166 valence electrons.